The van der Waals surface area contributed by atoms with Crippen LogP contribution in [0.1, 0.15) is 37.0 Å². The van der Waals surface area contributed by atoms with E-state index in [1.807, 2.05) is 30.3 Å². The molecule has 0 aliphatic heterocycles. The summed E-state index contributed by atoms with van der Waals surface area (Å²) in [6, 6.07) is 0.110. The largest absolute Gasteiger partial charge is 0.334 e. The quantitative estimate of drug-likeness (QED) is 0.874. The predicted molar refractivity (Wildman–Crippen MR) is 71.4 cm³/mol. The van der Waals surface area contributed by atoms with E-state index in [-0.39, 0.29) is 6.04 Å². The van der Waals surface area contributed by atoms with Crippen molar-refractivity contribution >= 4 is 0 Å². The summed E-state index contributed by atoms with van der Waals surface area (Å²) in [4.78, 5) is 4.50. The smallest absolute Gasteiger partial charge is 0.130 e. The number of nitrogens with zero attached hydrogens (tertiary/aromatic N) is 4. The van der Waals surface area contributed by atoms with E-state index in [2.05, 4.69) is 40.7 Å². The molecule has 1 atom stereocenters. The lowest BCUT2D eigenvalue weighted by Gasteiger charge is -2.18. The van der Waals surface area contributed by atoms with Gasteiger partial charge in [-0.2, -0.15) is 5.10 Å². The van der Waals surface area contributed by atoms with Crippen molar-refractivity contribution < 1.29 is 0 Å². The third-order valence-electron chi connectivity index (χ3n) is 3.34. The first-order valence-corrected chi connectivity index (χ1v) is 6.41. The first-order valence-electron chi connectivity index (χ1n) is 6.41. The Morgan fingerprint density at radius 2 is 2.17 bits per heavy atom. The van der Waals surface area contributed by atoms with Gasteiger partial charge in [-0.1, -0.05) is 6.92 Å². The molecule has 0 saturated carbocycles. The van der Waals surface area contributed by atoms with Gasteiger partial charge in [-0.05, 0) is 20.4 Å². The monoisotopic (exact) mass is 247 g/mol. The van der Waals surface area contributed by atoms with E-state index in [1.54, 1.807) is 0 Å². The molecule has 1 N–H and O–H groups in total. The maximum atomic E-state index is 4.50. The van der Waals surface area contributed by atoms with E-state index in [9.17, 15) is 0 Å². The molecule has 0 spiro atoms. The van der Waals surface area contributed by atoms with E-state index in [0.29, 0.717) is 0 Å². The minimum Gasteiger partial charge on any atom is -0.334 e. The molecule has 2 aromatic heterocycles. The number of hydrogen-bond acceptors (Lipinski definition) is 3. The van der Waals surface area contributed by atoms with Crippen molar-refractivity contribution in [1.29, 1.82) is 0 Å². The van der Waals surface area contributed by atoms with Crippen LogP contribution in [-0.2, 0) is 13.6 Å². The van der Waals surface area contributed by atoms with Crippen LogP contribution < -0.4 is 5.32 Å². The minimum absolute atomic E-state index is 0.110. The second-order valence-corrected chi connectivity index (χ2v) is 4.37. The Kier molecular flexibility index (Phi) is 3.81. The molecule has 2 aromatic rings. The van der Waals surface area contributed by atoms with E-state index in [1.165, 1.54) is 11.3 Å². The van der Waals surface area contributed by atoms with Crippen molar-refractivity contribution in [3.63, 3.8) is 0 Å². The highest BCUT2D eigenvalue weighted by atomic mass is 15.3. The summed E-state index contributed by atoms with van der Waals surface area (Å²) >= 11 is 0. The molecule has 0 radical (unpaired) electrons. The second-order valence-electron chi connectivity index (χ2n) is 4.37. The van der Waals surface area contributed by atoms with Crippen LogP contribution in [0.3, 0.4) is 0 Å². The van der Waals surface area contributed by atoms with Gasteiger partial charge in [0.2, 0.25) is 0 Å². The van der Waals surface area contributed by atoms with Gasteiger partial charge in [0.05, 0.1) is 12.2 Å². The topological polar surface area (TPSA) is 47.7 Å². The molecule has 98 valence electrons. The SMILES string of the molecule is CCNC(c1cnn(C)c1C)c1nccn1CC. The van der Waals surface area contributed by atoms with Gasteiger partial charge in [-0.3, -0.25) is 4.68 Å². The number of nitrogens with one attached hydrogen (secondary N) is 1. The van der Waals surface area contributed by atoms with Crippen molar-refractivity contribution in [2.45, 2.75) is 33.4 Å². The summed E-state index contributed by atoms with van der Waals surface area (Å²) < 4.78 is 4.07. The van der Waals surface area contributed by atoms with Crippen molar-refractivity contribution in [2.75, 3.05) is 6.54 Å². The summed E-state index contributed by atoms with van der Waals surface area (Å²) in [7, 11) is 1.97. The molecule has 0 fully saturated rings. The lowest BCUT2D eigenvalue weighted by atomic mass is 10.1. The molecule has 1 unspecified atom stereocenters. The number of rotatable bonds is 5. The maximum absolute atomic E-state index is 4.50. The van der Waals surface area contributed by atoms with Crippen LogP contribution in [0.5, 0.6) is 0 Å². The van der Waals surface area contributed by atoms with E-state index in [4.69, 9.17) is 0 Å². The summed E-state index contributed by atoms with van der Waals surface area (Å²) in [5.74, 6) is 1.05. The van der Waals surface area contributed by atoms with Crippen LogP contribution in [-0.4, -0.2) is 25.9 Å². The molecular weight excluding hydrogens is 226 g/mol. The second kappa shape index (κ2) is 5.35. The zero-order valence-corrected chi connectivity index (χ0v) is 11.5. The van der Waals surface area contributed by atoms with Crippen LogP contribution in [0.2, 0.25) is 0 Å². The molecule has 0 bridgehead atoms. The normalized spacial score (nSPS) is 12.9. The molecule has 5 nitrogen and oxygen atoms in total. The van der Waals surface area contributed by atoms with E-state index >= 15 is 0 Å². The number of aromatic nitrogens is 4. The molecule has 0 saturated heterocycles. The Balaban J connectivity index is 2.43. The first-order chi connectivity index (χ1) is 8.69. The van der Waals surface area contributed by atoms with Gasteiger partial charge >= 0.3 is 0 Å². The highest BCUT2D eigenvalue weighted by molar-refractivity contribution is 5.27. The van der Waals surface area contributed by atoms with Crippen LogP contribution >= 0.6 is 0 Å². The van der Waals surface area contributed by atoms with Crippen molar-refractivity contribution in [3.05, 3.63) is 35.7 Å². The fourth-order valence-corrected chi connectivity index (χ4v) is 2.19. The predicted octanol–water partition coefficient (Wildman–Crippen LogP) is 1.64. The first kappa shape index (κ1) is 12.8. The van der Waals surface area contributed by atoms with E-state index < -0.39 is 0 Å². The molecule has 2 rings (SSSR count). The fourth-order valence-electron chi connectivity index (χ4n) is 2.19. The molecule has 0 aliphatic carbocycles. The average Bonchev–Trinajstić information content (AvgIpc) is 2.96. The van der Waals surface area contributed by atoms with Crippen molar-refractivity contribution in [3.8, 4) is 0 Å². The van der Waals surface area contributed by atoms with Crippen LogP contribution in [0, 0.1) is 6.92 Å². The van der Waals surface area contributed by atoms with Gasteiger partial charge < -0.3 is 9.88 Å². The molecule has 2 heterocycles. The molecule has 0 aromatic carbocycles. The van der Waals surface area contributed by atoms with Gasteiger partial charge in [0, 0.05) is 37.2 Å². The summed E-state index contributed by atoms with van der Waals surface area (Å²) in [6.07, 6.45) is 5.80. The van der Waals surface area contributed by atoms with Crippen LogP contribution in [0.25, 0.3) is 0 Å². The average molecular weight is 247 g/mol. The zero-order chi connectivity index (χ0) is 13.1. The molecular formula is C13H21N5. The Morgan fingerprint density at radius 1 is 1.39 bits per heavy atom. The summed E-state index contributed by atoms with van der Waals surface area (Å²) in [6.45, 7) is 8.15. The zero-order valence-electron chi connectivity index (χ0n) is 11.5. The fraction of sp³-hybridized carbons (Fsp3) is 0.538. The Bertz CT molecular complexity index is 511. The standard InChI is InChI=1S/C13H21N5/c1-5-14-12(11-9-16-17(4)10(11)3)13-15-7-8-18(13)6-2/h7-9,12,14H,5-6H2,1-4H3. The van der Waals surface area contributed by atoms with Crippen LogP contribution in [0.15, 0.2) is 18.6 Å². The molecule has 18 heavy (non-hydrogen) atoms. The number of hydrogen-bond donors (Lipinski definition) is 1. The Hall–Kier alpha value is -1.62. The Morgan fingerprint density at radius 3 is 2.72 bits per heavy atom. The summed E-state index contributed by atoms with van der Waals surface area (Å²) in [5, 5.41) is 7.82. The van der Waals surface area contributed by atoms with E-state index in [0.717, 1.165) is 18.9 Å². The molecule has 5 heteroatoms. The highest BCUT2D eigenvalue weighted by Gasteiger charge is 2.21. The van der Waals surface area contributed by atoms with Gasteiger partial charge in [0.25, 0.3) is 0 Å². The maximum Gasteiger partial charge on any atom is 0.130 e. The van der Waals surface area contributed by atoms with Gasteiger partial charge in [0.1, 0.15) is 5.82 Å². The third kappa shape index (κ3) is 2.18. The molecule has 0 amide bonds. The number of imidazole rings is 1. The minimum atomic E-state index is 0.110. The van der Waals surface area contributed by atoms with Crippen molar-refractivity contribution in [1.82, 2.24) is 24.6 Å². The lowest BCUT2D eigenvalue weighted by Crippen LogP contribution is -2.25. The van der Waals surface area contributed by atoms with Gasteiger partial charge in [0.15, 0.2) is 0 Å². The van der Waals surface area contributed by atoms with Gasteiger partial charge in [-0.15, -0.1) is 0 Å². The third-order valence-corrected chi connectivity index (χ3v) is 3.34. The summed E-state index contributed by atoms with van der Waals surface area (Å²) in [5.41, 5.74) is 2.37. The van der Waals surface area contributed by atoms with Crippen LogP contribution in [0.4, 0.5) is 0 Å². The van der Waals surface area contributed by atoms with Crippen molar-refractivity contribution in [2.24, 2.45) is 7.05 Å². The molecule has 0 aliphatic rings. The van der Waals surface area contributed by atoms with Gasteiger partial charge in [-0.25, -0.2) is 4.98 Å². The lowest BCUT2D eigenvalue weighted by molar-refractivity contribution is 0.556. The number of aryl methyl sites for hydroxylation is 2. The highest BCUT2D eigenvalue weighted by Crippen LogP contribution is 2.23. The Labute approximate surface area is 108 Å².